The molecule has 106 valence electrons. The molecule has 3 rings (SSSR count). The smallest absolute Gasteiger partial charge is 0.337 e. The minimum Gasteiger partial charge on any atom is -0.465 e. The molecule has 1 aromatic heterocycles. The number of aromatic amines is 1. The Morgan fingerprint density at radius 3 is 2.70 bits per heavy atom. The first-order valence-electron chi connectivity index (χ1n) is 7.41. The van der Waals surface area contributed by atoms with Gasteiger partial charge < -0.3 is 9.72 Å². The molecule has 0 aliphatic heterocycles. The summed E-state index contributed by atoms with van der Waals surface area (Å²) in [5.41, 5.74) is 4.35. The summed E-state index contributed by atoms with van der Waals surface area (Å²) >= 11 is 0. The van der Waals surface area contributed by atoms with E-state index in [2.05, 4.69) is 18.0 Å². The molecule has 1 N–H and O–H groups in total. The van der Waals surface area contributed by atoms with Crippen LogP contribution in [0.4, 0.5) is 0 Å². The largest absolute Gasteiger partial charge is 0.465 e. The van der Waals surface area contributed by atoms with E-state index in [0.29, 0.717) is 11.5 Å². The number of rotatable bonds is 2. The van der Waals surface area contributed by atoms with Crippen molar-refractivity contribution in [2.24, 2.45) is 0 Å². The van der Waals surface area contributed by atoms with Crippen molar-refractivity contribution in [3.05, 3.63) is 35.0 Å². The second-order valence-electron chi connectivity index (χ2n) is 5.75. The number of hydrogen-bond donors (Lipinski definition) is 1. The van der Waals surface area contributed by atoms with Crippen molar-refractivity contribution >= 4 is 16.9 Å². The van der Waals surface area contributed by atoms with Gasteiger partial charge >= 0.3 is 5.97 Å². The van der Waals surface area contributed by atoms with Crippen LogP contribution in [0.5, 0.6) is 0 Å². The van der Waals surface area contributed by atoms with Crippen LogP contribution in [0.15, 0.2) is 18.2 Å². The molecule has 1 heterocycles. The van der Waals surface area contributed by atoms with Gasteiger partial charge in [0, 0.05) is 16.6 Å². The summed E-state index contributed by atoms with van der Waals surface area (Å²) in [5.74, 6) is 0.389. The second kappa shape index (κ2) is 5.31. The van der Waals surface area contributed by atoms with E-state index in [-0.39, 0.29) is 5.97 Å². The van der Waals surface area contributed by atoms with Gasteiger partial charge in [-0.3, -0.25) is 0 Å². The van der Waals surface area contributed by atoms with E-state index in [4.69, 9.17) is 4.74 Å². The maximum atomic E-state index is 11.6. The third kappa shape index (κ3) is 2.21. The average Bonchev–Trinajstić information content (AvgIpc) is 2.82. The lowest BCUT2D eigenvalue weighted by Crippen LogP contribution is -2.05. The summed E-state index contributed by atoms with van der Waals surface area (Å²) < 4.78 is 4.79. The number of H-pyrrole nitrogens is 1. The molecular formula is C17H21NO2. The summed E-state index contributed by atoms with van der Waals surface area (Å²) in [6, 6.07) is 5.84. The molecule has 0 unspecified atom stereocenters. The Labute approximate surface area is 119 Å². The molecule has 2 aromatic rings. The third-order valence-electron chi connectivity index (χ3n) is 4.47. The molecule has 1 saturated carbocycles. The lowest BCUT2D eigenvalue weighted by atomic mass is 9.83. The van der Waals surface area contributed by atoms with Gasteiger partial charge in [0.05, 0.1) is 12.7 Å². The molecule has 1 aliphatic carbocycles. The number of esters is 1. The summed E-state index contributed by atoms with van der Waals surface area (Å²) in [4.78, 5) is 15.1. The third-order valence-corrected chi connectivity index (χ3v) is 4.47. The van der Waals surface area contributed by atoms with Crippen molar-refractivity contribution in [1.29, 1.82) is 0 Å². The van der Waals surface area contributed by atoms with Crippen LogP contribution in [-0.2, 0) is 4.74 Å². The van der Waals surface area contributed by atoms with Gasteiger partial charge in [-0.15, -0.1) is 0 Å². The number of methoxy groups -OCH3 is 1. The number of aryl methyl sites for hydroxylation is 1. The number of carbonyl (C=O) groups is 1. The van der Waals surface area contributed by atoms with Crippen LogP contribution in [0.25, 0.3) is 10.9 Å². The summed E-state index contributed by atoms with van der Waals surface area (Å²) in [5, 5.41) is 1.27. The van der Waals surface area contributed by atoms with E-state index in [1.807, 2.05) is 12.1 Å². The summed E-state index contributed by atoms with van der Waals surface area (Å²) in [6.45, 7) is 2.14. The molecule has 20 heavy (non-hydrogen) atoms. The fourth-order valence-electron chi connectivity index (χ4n) is 3.52. The van der Waals surface area contributed by atoms with Gasteiger partial charge in [-0.05, 0) is 43.4 Å². The van der Waals surface area contributed by atoms with Crippen LogP contribution in [0.1, 0.15) is 59.6 Å². The lowest BCUT2D eigenvalue weighted by molar-refractivity contribution is 0.0601. The molecule has 3 heteroatoms. The first kappa shape index (κ1) is 13.2. The van der Waals surface area contributed by atoms with Gasteiger partial charge in [-0.1, -0.05) is 25.3 Å². The number of hydrogen-bond acceptors (Lipinski definition) is 2. The van der Waals surface area contributed by atoms with Crippen LogP contribution >= 0.6 is 0 Å². The highest BCUT2D eigenvalue weighted by atomic mass is 16.5. The van der Waals surface area contributed by atoms with E-state index >= 15 is 0 Å². The van der Waals surface area contributed by atoms with E-state index in [0.717, 1.165) is 5.52 Å². The number of fused-ring (bicyclic) bond motifs is 1. The predicted molar refractivity (Wildman–Crippen MR) is 80.2 cm³/mol. The van der Waals surface area contributed by atoms with Gasteiger partial charge in [0.15, 0.2) is 0 Å². The molecule has 1 fully saturated rings. The molecule has 0 spiro atoms. The fourth-order valence-corrected chi connectivity index (χ4v) is 3.52. The number of carbonyl (C=O) groups excluding carboxylic acids is 1. The van der Waals surface area contributed by atoms with Crippen molar-refractivity contribution in [2.45, 2.75) is 44.9 Å². The van der Waals surface area contributed by atoms with Gasteiger partial charge in [0.1, 0.15) is 0 Å². The minimum atomic E-state index is -0.279. The van der Waals surface area contributed by atoms with Crippen LogP contribution in [0.3, 0.4) is 0 Å². The Balaban J connectivity index is 2.05. The normalized spacial score (nSPS) is 16.5. The minimum absolute atomic E-state index is 0.279. The van der Waals surface area contributed by atoms with Crippen LogP contribution < -0.4 is 0 Å². The van der Waals surface area contributed by atoms with Crippen molar-refractivity contribution in [2.75, 3.05) is 7.11 Å². The first-order chi connectivity index (χ1) is 9.70. The molecule has 0 saturated heterocycles. The fraction of sp³-hybridized carbons (Fsp3) is 0.471. The van der Waals surface area contributed by atoms with Gasteiger partial charge in [-0.2, -0.15) is 0 Å². The molecule has 1 aliphatic rings. The van der Waals surface area contributed by atoms with E-state index in [1.165, 1.54) is 55.9 Å². The first-order valence-corrected chi connectivity index (χ1v) is 7.41. The Morgan fingerprint density at radius 1 is 1.25 bits per heavy atom. The second-order valence-corrected chi connectivity index (χ2v) is 5.75. The standard InChI is InChI=1S/C17H21NO2/c1-11-16(12-6-4-3-5-7-12)14-9-8-13(17(19)20-2)10-15(14)18-11/h8-10,12,18H,3-7H2,1-2H3. The zero-order valence-corrected chi connectivity index (χ0v) is 12.2. The molecule has 0 atom stereocenters. The number of nitrogens with one attached hydrogen (secondary N) is 1. The van der Waals surface area contributed by atoms with Gasteiger partial charge in [-0.25, -0.2) is 4.79 Å². The highest BCUT2D eigenvalue weighted by Crippen LogP contribution is 2.38. The van der Waals surface area contributed by atoms with Crippen LogP contribution in [0.2, 0.25) is 0 Å². The predicted octanol–water partition coefficient (Wildman–Crippen LogP) is 4.31. The number of benzene rings is 1. The monoisotopic (exact) mass is 271 g/mol. The highest BCUT2D eigenvalue weighted by molar-refractivity contribution is 5.95. The number of aromatic nitrogens is 1. The maximum Gasteiger partial charge on any atom is 0.337 e. The van der Waals surface area contributed by atoms with Gasteiger partial charge in [0.25, 0.3) is 0 Å². The van der Waals surface area contributed by atoms with Crippen molar-refractivity contribution in [1.82, 2.24) is 4.98 Å². The Kier molecular flexibility index (Phi) is 3.51. The van der Waals surface area contributed by atoms with Crippen molar-refractivity contribution in [3.8, 4) is 0 Å². The number of ether oxygens (including phenoxy) is 1. The molecule has 0 amide bonds. The zero-order valence-electron chi connectivity index (χ0n) is 12.2. The van der Waals surface area contributed by atoms with Gasteiger partial charge in [0.2, 0.25) is 0 Å². The lowest BCUT2D eigenvalue weighted by Gasteiger charge is -2.22. The maximum absolute atomic E-state index is 11.6. The van der Waals surface area contributed by atoms with E-state index < -0.39 is 0 Å². The summed E-state index contributed by atoms with van der Waals surface area (Å²) in [6.07, 6.45) is 6.59. The van der Waals surface area contributed by atoms with Crippen molar-refractivity contribution in [3.63, 3.8) is 0 Å². The molecular weight excluding hydrogens is 250 g/mol. The molecule has 3 nitrogen and oxygen atoms in total. The SMILES string of the molecule is COC(=O)c1ccc2c(C3CCCCC3)c(C)[nH]c2c1. The Morgan fingerprint density at radius 2 is 2.00 bits per heavy atom. The molecule has 1 aromatic carbocycles. The van der Waals surface area contributed by atoms with Crippen molar-refractivity contribution < 1.29 is 9.53 Å². The summed E-state index contributed by atoms with van der Waals surface area (Å²) in [7, 11) is 1.42. The molecule has 0 radical (unpaired) electrons. The Hall–Kier alpha value is -1.77. The van der Waals surface area contributed by atoms with Crippen LogP contribution in [-0.4, -0.2) is 18.1 Å². The Bertz CT molecular complexity index is 636. The van der Waals surface area contributed by atoms with E-state index in [9.17, 15) is 4.79 Å². The topological polar surface area (TPSA) is 42.1 Å². The highest BCUT2D eigenvalue weighted by Gasteiger charge is 2.21. The van der Waals surface area contributed by atoms with Crippen LogP contribution in [0, 0.1) is 6.92 Å². The molecule has 0 bridgehead atoms. The zero-order chi connectivity index (χ0) is 14.1. The van der Waals surface area contributed by atoms with E-state index in [1.54, 1.807) is 0 Å². The quantitative estimate of drug-likeness (QED) is 0.827. The average molecular weight is 271 g/mol.